The van der Waals surface area contributed by atoms with Crippen LogP contribution in [0.1, 0.15) is 30.5 Å². The molecule has 2 aliphatic rings. The second-order valence-electron chi connectivity index (χ2n) is 7.35. The van der Waals surface area contributed by atoms with Gasteiger partial charge in [-0.1, -0.05) is 37.6 Å². The van der Waals surface area contributed by atoms with Gasteiger partial charge in [0.05, 0.1) is 0 Å². The summed E-state index contributed by atoms with van der Waals surface area (Å²) in [6, 6.07) is 13.0. The van der Waals surface area contributed by atoms with E-state index in [2.05, 4.69) is 59.7 Å². The molecule has 2 aromatic carbocycles. The number of anilines is 2. The maximum Gasteiger partial charge on any atom is 0.0429 e. The number of halogens is 1. The van der Waals surface area contributed by atoms with E-state index >= 15 is 0 Å². The topological polar surface area (TPSA) is 27.3 Å². The summed E-state index contributed by atoms with van der Waals surface area (Å²) in [6.07, 6.45) is 0. The van der Waals surface area contributed by atoms with E-state index in [4.69, 9.17) is 11.6 Å². The predicted molar refractivity (Wildman–Crippen MR) is 101 cm³/mol. The summed E-state index contributed by atoms with van der Waals surface area (Å²) in [7, 11) is 0. The van der Waals surface area contributed by atoms with Crippen molar-refractivity contribution in [3.8, 4) is 0 Å². The lowest BCUT2D eigenvalue weighted by molar-refractivity contribution is 0.233. The summed E-state index contributed by atoms with van der Waals surface area (Å²) in [5.74, 6) is 0. The third-order valence-electron chi connectivity index (χ3n) is 5.30. The van der Waals surface area contributed by atoms with Crippen LogP contribution in [0.2, 0.25) is 5.02 Å². The molecule has 126 valence electrons. The average molecular weight is 342 g/mol. The van der Waals surface area contributed by atoms with Gasteiger partial charge in [0.2, 0.25) is 0 Å². The van der Waals surface area contributed by atoms with Gasteiger partial charge in [0.1, 0.15) is 0 Å². The fourth-order valence-corrected chi connectivity index (χ4v) is 4.07. The second kappa shape index (κ2) is 6.07. The van der Waals surface area contributed by atoms with Crippen molar-refractivity contribution in [2.24, 2.45) is 0 Å². The van der Waals surface area contributed by atoms with Crippen LogP contribution in [0, 0.1) is 0 Å². The summed E-state index contributed by atoms with van der Waals surface area (Å²) >= 11 is 6.23. The molecule has 2 aliphatic heterocycles. The van der Waals surface area contributed by atoms with Gasteiger partial charge in [-0.05, 0) is 41.0 Å². The SMILES string of the molecule is CC1(C)c2ccc(CN3CCNCC3)cc2Nc2ccc(Cl)cc21. The van der Waals surface area contributed by atoms with E-state index in [0.717, 1.165) is 43.4 Å². The molecule has 3 nitrogen and oxygen atoms in total. The smallest absolute Gasteiger partial charge is 0.0429 e. The summed E-state index contributed by atoms with van der Waals surface area (Å²) in [5.41, 5.74) is 6.31. The Hall–Kier alpha value is -1.55. The Morgan fingerprint density at radius 1 is 1.00 bits per heavy atom. The van der Waals surface area contributed by atoms with Crippen molar-refractivity contribution < 1.29 is 0 Å². The van der Waals surface area contributed by atoms with Gasteiger partial charge < -0.3 is 10.6 Å². The van der Waals surface area contributed by atoms with E-state index in [-0.39, 0.29) is 5.41 Å². The van der Waals surface area contributed by atoms with Gasteiger partial charge in [-0.15, -0.1) is 0 Å². The van der Waals surface area contributed by atoms with Gasteiger partial charge in [-0.25, -0.2) is 0 Å². The number of benzene rings is 2. The molecule has 0 amide bonds. The first-order valence-corrected chi connectivity index (χ1v) is 9.05. The van der Waals surface area contributed by atoms with Crippen molar-refractivity contribution in [1.82, 2.24) is 10.2 Å². The van der Waals surface area contributed by atoms with Crippen LogP contribution >= 0.6 is 11.6 Å². The monoisotopic (exact) mass is 341 g/mol. The van der Waals surface area contributed by atoms with Crippen molar-refractivity contribution in [3.05, 3.63) is 58.1 Å². The zero-order valence-electron chi connectivity index (χ0n) is 14.3. The predicted octanol–water partition coefficient (Wildman–Crippen LogP) is 4.13. The number of rotatable bonds is 2. The molecule has 4 heteroatoms. The van der Waals surface area contributed by atoms with Crippen molar-refractivity contribution in [2.45, 2.75) is 25.8 Å². The molecule has 24 heavy (non-hydrogen) atoms. The van der Waals surface area contributed by atoms with Crippen molar-refractivity contribution in [2.75, 3.05) is 31.5 Å². The van der Waals surface area contributed by atoms with Gasteiger partial charge in [-0.3, -0.25) is 4.90 Å². The molecule has 0 spiro atoms. The first-order chi connectivity index (χ1) is 11.5. The minimum absolute atomic E-state index is 0.0472. The van der Waals surface area contributed by atoms with E-state index in [1.807, 2.05) is 6.07 Å². The number of piperazine rings is 1. The Morgan fingerprint density at radius 3 is 2.58 bits per heavy atom. The zero-order chi connectivity index (χ0) is 16.7. The van der Waals surface area contributed by atoms with Gasteiger partial charge >= 0.3 is 0 Å². The first kappa shape index (κ1) is 15.9. The van der Waals surface area contributed by atoms with Gasteiger partial charge in [0, 0.05) is 54.5 Å². The molecule has 0 saturated carbocycles. The van der Waals surface area contributed by atoms with Crippen LogP contribution in [0.15, 0.2) is 36.4 Å². The lowest BCUT2D eigenvalue weighted by atomic mass is 9.74. The fourth-order valence-electron chi connectivity index (χ4n) is 3.90. The van der Waals surface area contributed by atoms with Crippen LogP contribution < -0.4 is 10.6 Å². The standard InChI is InChI=1S/C20H24ClN3/c1-20(2)16-5-3-14(13-24-9-7-22-8-10-24)11-19(16)23-18-6-4-15(21)12-17(18)20/h3-6,11-12,22-23H,7-10,13H2,1-2H3. The molecule has 2 N–H and O–H groups in total. The molecule has 2 aromatic rings. The minimum Gasteiger partial charge on any atom is -0.355 e. The highest BCUT2D eigenvalue weighted by molar-refractivity contribution is 6.30. The van der Waals surface area contributed by atoms with E-state index in [0.29, 0.717) is 0 Å². The maximum absolute atomic E-state index is 6.23. The summed E-state index contributed by atoms with van der Waals surface area (Å²) in [6.45, 7) is 9.99. The Labute approximate surface area is 149 Å². The molecule has 1 saturated heterocycles. The molecule has 0 unspecified atom stereocenters. The van der Waals surface area contributed by atoms with Gasteiger partial charge in [0.25, 0.3) is 0 Å². The van der Waals surface area contributed by atoms with Crippen molar-refractivity contribution in [1.29, 1.82) is 0 Å². The fraction of sp³-hybridized carbons (Fsp3) is 0.400. The third-order valence-corrected chi connectivity index (χ3v) is 5.53. The molecule has 0 bridgehead atoms. The first-order valence-electron chi connectivity index (χ1n) is 8.67. The van der Waals surface area contributed by atoms with Crippen LogP contribution in [0.4, 0.5) is 11.4 Å². The summed E-state index contributed by atoms with van der Waals surface area (Å²) in [4.78, 5) is 2.51. The number of nitrogens with one attached hydrogen (secondary N) is 2. The molecule has 0 radical (unpaired) electrons. The largest absolute Gasteiger partial charge is 0.355 e. The van der Waals surface area contributed by atoms with E-state index in [9.17, 15) is 0 Å². The summed E-state index contributed by atoms with van der Waals surface area (Å²) in [5, 5.41) is 7.82. The lowest BCUT2D eigenvalue weighted by Gasteiger charge is -2.36. The molecule has 2 heterocycles. The Balaban J connectivity index is 1.66. The Morgan fingerprint density at radius 2 is 1.79 bits per heavy atom. The Bertz CT molecular complexity index is 763. The highest BCUT2D eigenvalue weighted by Crippen LogP contribution is 2.46. The normalized spacial score (nSPS) is 19.3. The van der Waals surface area contributed by atoms with E-state index < -0.39 is 0 Å². The third kappa shape index (κ3) is 2.81. The second-order valence-corrected chi connectivity index (χ2v) is 7.78. The number of nitrogens with zero attached hydrogens (tertiary/aromatic N) is 1. The van der Waals surface area contributed by atoms with Crippen LogP contribution in [-0.2, 0) is 12.0 Å². The highest BCUT2D eigenvalue weighted by atomic mass is 35.5. The molecule has 0 aromatic heterocycles. The molecular weight excluding hydrogens is 318 g/mol. The number of hydrogen-bond acceptors (Lipinski definition) is 3. The van der Waals surface area contributed by atoms with Gasteiger partial charge in [-0.2, -0.15) is 0 Å². The number of hydrogen-bond donors (Lipinski definition) is 2. The van der Waals surface area contributed by atoms with Crippen LogP contribution in [0.3, 0.4) is 0 Å². The minimum atomic E-state index is -0.0472. The van der Waals surface area contributed by atoms with Crippen LogP contribution in [-0.4, -0.2) is 31.1 Å². The van der Waals surface area contributed by atoms with Crippen LogP contribution in [0.25, 0.3) is 0 Å². The maximum atomic E-state index is 6.23. The highest BCUT2D eigenvalue weighted by Gasteiger charge is 2.32. The van der Waals surface area contributed by atoms with Crippen molar-refractivity contribution >= 4 is 23.0 Å². The van der Waals surface area contributed by atoms with Crippen molar-refractivity contribution in [3.63, 3.8) is 0 Å². The molecule has 0 aliphatic carbocycles. The molecule has 0 atom stereocenters. The Kier molecular flexibility index (Phi) is 4.03. The zero-order valence-corrected chi connectivity index (χ0v) is 15.1. The molecule has 1 fully saturated rings. The summed E-state index contributed by atoms with van der Waals surface area (Å²) < 4.78 is 0. The van der Waals surface area contributed by atoms with E-state index in [1.54, 1.807) is 0 Å². The van der Waals surface area contributed by atoms with E-state index in [1.165, 1.54) is 22.4 Å². The number of fused-ring (bicyclic) bond motifs is 2. The molecular formula is C20H24ClN3. The average Bonchev–Trinajstić information content (AvgIpc) is 2.57. The lowest BCUT2D eigenvalue weighted by Crippen LogP contribution is -2.42. The quantitative estimate of drug-likeness (QED) is 0.860. The molecule has 4 rings (SSSR count). The van der Waals surface area contributed by atoms with Crippen LogP contribution in [0.5, 0.6) is 0 Å². The van der Waals surface area contributed by atoms with Gasteiger partial charge in [0.15, 0.2) is 0 Å².